The van der Waals surface area contributed by atoms with Crippen LogP contribution in [0, 0.1) is 0 Å². The minimum atomic E-state index is 0.440. The van der Waals surface area contributed by atoms with Gasteiger partial charge in [-0.2, -0.15) is 0 Å². The van der Waals surface area contributed by atoms with Gasteiger partial charge in [-0.15, -0.1) is 0 Å². The van der Waals surface area contributed by atoms with Crippen molar-refractivity contribution >= 4 is 11.6 Å². The highest BCUT2D eigenvalue weighted by Crippen LogP contribution is 2.15. The second-order valence-corrected chi connectivity index (χ2v) is 5.83. The number of ether oxygens (including phenoxy) is 1. The van der Waals surface area contributed by atoms with E-state index in [1.165, 1.54) is 5.56 Å². The lowest BCUT2D eigenvalue weighted by Gasteiger charge is -2.36. The fraction of sp³-hybridized carbons (Fsp3) is 0.600. The topological polar surface area (TPSA) is 24.5 Å². The van der Waals surface area contributed by atoms with Crippen molar-refractivity contribution in [2.45, 2.75) is 32.5 Å². The summed E-state index contributed by atoms with van der Waals surface area (Å²) in [7, 11) is 0. The molecule has 0 amide bonds. The van der Waals surface area contributed by atoms with E-state index in [0.29, 0.717) is 12.1 Å². The van der Waals surface area contributed by atoms with E-state index in [0.717, 1.165) is 37.9 Å². The highest BCUT2D eigenvalue weighted by Gasteiger charge is 2.22. The van der Waals surface area contributed by atoms with Gasteiger partial charge in [0.2, 0.25) is 0 Å². The summed E-state index contributed by atoms with van der Waals surface area (Å²) in [4.78, 5) is 2.48. The van der Waals surface area contributed by atoms with Crippen LogP contribution >= 0.6 is 11.6 Å². The summed E-state index contributed by atoms with van der Waals surface area (Å²) in [5.41, 5.74) is 1.27. The van der Waals surface area contributed by atoms with E-state index in [4.69, 9.17) is 16.3 Å². The standard InChI is InChI=1S/C15H23ClN2O/c1-12(2)17-9-15-11-19-7-6-18(15)10-13-4-3-5-14(16)8-13/h3-5,8,12,15,17H,6-7,9-11H2,1-2H3. The van der Waals surface area contributed by atoms with E-state index in [1.54, 1.807) is 0 Å². The molecule has 3 nitrogen and oxygen atoms in total. The molecule has 19 heavy (non-hydrogen) atoms. The average molecular weight is 283 g/mol. The first-order chi connectivity index (χ1) is 9.15. The molecule has 1 N–H and O–H groups in total. The van der Waals surface area contributed by atoms with Crippen molar-refractivity contribution in [3.8, 4) is 0 Å². The maximum absolute atomic E-state index is 6.05. The van der Waals surface area contributed by atoms with E-state index in [2.05, 4.69) is 30.1 Å². The van der Waals surface area contributed by atoms with Gasteiger partial charge in [-0.1, -0.05) is 37.6 Å². The molecule has 0 bridgehead atoms. The second-order valence-electron chi connectivity index (χ2n) is 5.39. The predicted molar refractivity (Wildman–Crippen MR) is 79.6 cm³/mol. The average Bonchev–Trinajstić information content (AvgIpc) is 2.38. The number of hydrogen-bond acceptors (Lipinski definition) is 3. The lowest BCUT2D eigenvalue weighted by atomic mass is 10.1. The van der Waals surface area contributed by atoms with Gasteiger partial charge in [-0.3, -0.25) is 4.90 Å². The molecule has 1 atom stereocenters. The maximum Gasteiger partial charge on any atom is 0.0635 e. The Morgan fingerprint density at radius 2 is 2.32 bits per heavy atom. The summed E-state index contributed by atoms with van der Waals surface area (Å²) >= 11 is 6.05. The van der Waals surface area contributed by atoms with Crippen LogP contribution in [0.25, 0.3) is 0 Å². The first kappa shape index (κ1) is 14.8. The Kier molecular flexibility index (Phi) is 5.64. The SMILES string of the molecule is CC(C)NCC1COCCN1Cc1cccc(Cl)c1. The van der Waals surface area contributed by atoms with Crippen molar-refractivity contribution in [1.29, 1.82) is 0 Å². The zero-order valence-electron chi connectivity index (χ0n) is 11.7. The monoisotopic (exact) mass is 282 g/mol. The summed E-state index contributed by atoms with van der Waals surface area (Å²) in [5.74, 6) is 0. The van der Waals surface area contributed by atoms with Crippen LogP contribution in [0.1, 0.15) is 19.4 Å². The minimum absolute atomic E-state index is 0.440. The normalized spacial score (nSPS) is 20.9. The summed E-state index contributed by atoms with van der Waals surface area (Å²) in [6.07, 6.45) is 0. The van der Waals surface area contributed by atoms with Crippen LogP contribution in [0.3, 0.4) is 0 Å². The van der Waals surface area contributed by atoms with Gasteiger partial charge in [0.25, 0.3) is 0 Å². The van der Waals surface area contributed by atoms with Gasteiger partial charge in [0, 0.05) is 36.7 Å². The molecular weight excluding hydrogens is 260 g/mol. The molecule has 0 aliphatic carbocycles. The zero-order valence-corrected chi connectivity index (χ0v) is 12.5. The number of rotatable bonds is 5. The van der Waals surface area contributed by atoms with Crippen molar-refractivity contribution in [3.05, 3.63) is 34.9 Å². The first-order valence-electron chi connectivity index (χ1n) is 6.95. The molecule has 4 heteroatoms. The molecular formula is C15H23ClN2O. The van der Waals surface area contributed by atoms with Crippen LogP contribution in [0.4, 0.5) is 0 Å². The first-order valence-corrected chi connectivity index (χ1v) is 7.32. The van der Waals surface area contributed by atoms with E-state index in [9.17, 15) is 0 Å². The van der Waals surface area contributed by atoms with Crippen molar-refractivity contribution < 1.29 is 4.74 Å². The largest absolute Gasteiger partial charge is 0.378 e. The zero-order chi connectivity index (χ0) is 13.7. The minimum Gasteiger partial charge on any atom is -0.378 e. The smallest absolute Gasteiger partial charge is 0.0635 e. The third-order valence-corrected chi connectivity index (χ3v) is 3.62. The number of nitrogens with zero attached hydrogens (tertiary/aromatic N) is 1. The molecule has 1 unspecified atom stereocenters. The van der Waals surface area contributed by atoms with Crippen LogP contribution in [0.15, 0.2) is 24.3 Å². The van der Waals surface area contributed by atoms with Crippen LogP contribution < -0.4 is 5.32 Å². The Bertz CT molecular complexity index is 397. The Balaban J connectivity index is 1.95. The van der Waals surface area contributed by atoms with Crippen LogP contribution in [-0.4, -0.2) is 43.3 Å². The van der Waals surface area contributed by atoms with Gasteiger partial charge in [0.1, 0.15) is 0 Å². The highest BCUT2D eigenvalue weighted by molar-refractivity contribution is 6.30. The molecule has 0 radical (unpaired) electrons. The van der Waals surface area contributed by atoms with Gasteiger partial charge in [0.05, 0.1) is 13.2 Å². The van der Waals surface area contributed by atoms with Gasteiger partial charge in [-0.25, -0.2) is 0 Å². The summed E-state index contributed by atoms with van der Waals surface area (Å²) in [5, 5.41) is 4.30. The molecule has 1 aromatic rings. The number of morpholine rings is 1. The number of hydrogen-bond donors (Lipinski definition) is 1. The van der Waals surface area contributed by atoms with E-state index in [1.807, 2.05) is 18.2 Å². The molecule has 1 fully saturated rings. The fourth-order valence-electron chi connectivity index (χ4n) is 2.33. The number of halogens is 1. The van der Waals surface area contributed by atoms with Crippen LogP contribution in [0.5, 0.6) is 0 Å². The molecule has 2 rings (SSSR count). The molecule has 1 aliphatic rings. The molecule has 1 heterocycles. The third-order valence-electron chi connectivity index (χ3n) is 3.39. The van der Waals surface area contributed by atoms with E-state index in [-0.39, 0.29) is 0 Å². The highest BCUT2D eigenvalue weighted by atomic mass is 35.5. The molecule has 1 aliphatic heterocycles. The van der Waals surface area contributed by atoms with Crippen molar-refractivity contribution in [1.82, 2.24) is 10.2 Å². The molecule has 106 valence electrons. The van der Waals surface area contributed by atoms with Crippen molar-refractivity contribution in [3.63, 3.8) is 0 Å². The second kappa shape index (κ2) is 7.25. The van der Waals surface area contributed by atoms with Crippen molar-refractivity contribution in [2.75, 3.05) is 26.3 Å². The van der Waals surface area contributed by atoms with Gasteiger partial charge in [0.15, 0.2) is 0 Å². The Morgan fingerprint density at radius 3 is 3.05 bits per heavy atom. The van der Waals surface area contributed by atoms with E-state index >= 15 is 0 Å². The summed E-state index contributed by atoms with van der Waals surface area (Å²) < 4.78 is 5.60. The maximum atomic E-state index is 6.05. The molecule has 0 spiro atoms. The van der Waals surface area contributed by atoms with Gasteiger partial charge < -0.3 is 10.1 Å². The Morgan fingerprint density at radius 1 is 1.47 bits per heavy atom. The lowest BCUT2D eigenvalue weighted by Crippen LogP contribution is -2.50. The van der Waals surface area contributed by atoms with Crippen LogP contribution in [-0.2, 0) is 11.3 Å². The van der Waals surface area contributed by atoms with Crippen LogP contribution in [0.2, 0.25) is 5.02 Å². The van der Waals surface area contributed by atoms with E-state index < -0.39 is 0 Å². The summed E-state index contributed by atoms with van der Waals surface area (Å²) in [6.45, 7) is 8.86. The molecule has 1 aromatic carbocycles. The quantitative estimate of drug-likeness (QED) is 0.898. The predicted octanol–water partition coefficient (Wildman–Crippen LogP) is 2.54. The molecule has 0 saturated carbocycles. The van der Waals surface area contributed by atoms with Gasteiger partial charge in [-0.05, 0) is 17.7 Å². The van der Waals surface area contributed by atoms with Crippen molar-refractivity contribution in [2.24, 2.45) is 0 Å². The number of nitrogens with one attached hydrogen (secondary N) is 1. The molecule has 0 aromatic heterocycles. The summed E-state index contributed by atoms with van der Waals surface area (Å²) in [6, 6.07) is 9.06. The molecule has 1 saturated heterocycles. The third kappa shape index (κ3) is 4.77. The van der Waals surface area contributed by atoms with Gasteiger partial charge >= 0.3 is 0 Å². The Hall–Kier alpha value is -0.610. The Labute approximate surface area is 120 Å². The fourth-order valence-corrected chi connectivity index (χ4v) is 2.54. The lowest BCUT2D eigenvalue weighted by molar-refractivity contribution is -0.0114. The number of benzene rings is 1.